The minimum absolute atomic E-state index is 0.0258. The minimum atomic E-state index is -4.54. The highest BCUT2D eigenvalue weighted by Gasteiger charge is 2.40. The number of rotatable bonds is 7. The zero-order valence-electron chi connectivity index (χ0n) is 16.1. The molecule has 0 unspecified atom stereocenters. The van der Waals surface area contributed by atoms with E-state index in [9.17, 15) is 17.2 Å². The van der Waals surface area contributed by atoms with Crippen molar-refractivity contribution in [3.05, 3.63) is 33.6 Å². The molecule has 1 aromatic heterocycles. The molecule has 1 aliphatic heterocycles. The lowest BCUT2D eigenvalue weighted by molar-refractivity contribution is -0.0100. The number of benzene rings is 1. The quantitative estimate of drug-likeness (QED) is 0.632. The number of methoxy groups -OCH3 is 1. The Bertz CT molecular complexity index is 989. The van der Waals surface area contributed by atoms with Gasteiger partial charge >= 0.3 is 0 Å². The average Bonchev–Trinajstić information content (AvgIpc) is 3.27. The normalized spacial score (nSPS) is 19.9. The molecule has 1 atom stereocenters. The zero-order valence-corrected chi connectivity index (χ0v) is 18.5. The van der Waals surface area contributed by atoms with Gasteiger partial charge in [-0.05, 0) is 20.5 Å². The van der Waals surface area contributed by atoms with E-state index in [1.54, 1.807) is 12.0 Å². The van der Waals surface area contributed by atoms with Gasteiger partial charge in [-0.2, -0.15) is 0 Å². The average molecular weight is 467 g/mol. The largest absolute Gasteiger partial charge is 0.375 e. The molecular formula is C17H21ClF2N4O3S2. The molecule has 2 heterocycles. The second-order valence-electron chi connectivity index (χ2n) is 7.11. The summed E-state index contributed by atoms with van der Waals surface area (Å²) in [6.45, 7) is 1.44. The van der Waals surface area contributed by atoms with Crippen molar-refractivity contribution in [3.8, 4) is 0 Å². The summed E-state index contributed by atoms with van der Waals surface area (Å²) in [4.78, 5) is 6.30. The molecule has 0 amide bonds. The van der Waals surface area contributed by atoms with Gasteiger partial charge in [-0.3, -0.25) is 4.72 Å². The fraction of sp³-hybridized carbons (Fsp3) is 0.471. The predicted octanol–water partition coefficient (Wildman–Crippen LogP) is 3.03. The molecule has 0 aliphatic carbocycles. The number of anilines is 2. The van der Waals surface area contributed by atoms with Crippen LogP contribution in [0.25, 0.3) is 0 Å². The van der Waals surface area contributed by atoms with E-state index in [-0.39, 0.29) is 11.5 Å². The number of nitrogens with zero attached hydrogens (tertiary/aromatic N) is 3. The van der Waals surface area contributed by atoms with E-state index in [1.165, 1.54) is 10.9 Å². The van der Waals surface area contributed by atoms with Crippen LogP contribution < -0.4 is 9.62 Å². The molecule has 2 aromatic rings. The monoisotopic (exact) mass is 466 g/mol. The van der Waals surface area contributed by atoms with Crippen LogP contribution in [0.15, 0.2) is 21.9 Å². The highest BCUT2D eigenvalue weighted by Crippen LogP contribution is 2.39. The van der Waals surface area contributed by atoms with Crippen LogP contribution >= 0.6 is 22.9 Å². The van der Waals surface area contributed by atoms with Gasteiger partial charge < -0.3 is 14.5 Å². The van der Waals surface area contributed by atoms with Crippen LogP contribution in [0.3, 0.4) is 0 Å². The molecule has 29 heavy (non-hydrogen) atoms. The van der Waals surface area contributed by atoms with Crippen LogP contribution in [0, 0.1) is 11.6 Å². The number of thiazole rings is 1. The van der Waals surface area contributed by atoms with E-state index in [0.29, 0.717) is 26.1 Å². The van der Waals surface area contributed by atoms with Gasteiger partial charge in [0.2, 0.25) is 0 Å². The van der Waals surface area contributed by atoms with Gasteiger partial charge in [0.25, 0.3) is 10.0 Å². The van der Waals surface area contributed by atoms with Crippen LogP contribution in [-0.4, -0.2) is 64.7 Å². The third kappa shape index (κ3) is 4.48. The summed E-state index contributed by atoms with van der Waals surface area (Å²) in [5.41, 5.74) is 0.965. The molecule has 0 bridgehead atoms. The fourth-order valence-electron chi connectivity index (χ4n) is 3.48. The number of nitrogens with one attached hydrogen (secondary N) is 1. The van der Waals surface area contributed by atoms with E-state index in [1.807, 2.05) is 19.0 Å². The molecule has 3 rings (SSSR count). The molecule has 0 saturated carbocycles. The van der Waals surface area contributed by atoms with E-state index < -0.39 is 37.2 Å². The van der Waals surface area contributed by atoms with Gasteiger partial charge in [-0.1, -0.05) is 11.6 Å². The molecule has 1 fully saturated rings. The number of ether oxygens (including phenoxy) is 1. The summed E-state index contributed by atoms with van der Waals surface area (Å²) in [5.74, 6) is -2.60. The molecule has 1 aliphatic rings. The van der Waals surface area contributed by atoms with Crippen LogP contribution in [0.1, 0.15) is 6.42 Å². The summed E-state index contributed by atoms with van der Waals surface area (Å²) < 4.78 is 62.3. The van der Waals surface area contributed by atoms with Crippen LogP contribution in [0.5, 0.6) is 0 Å². The van der Waals surface area contributed by atoms with Gasteiger partial charge in [0.1, 0.15) is 10.8 Å². The van der Waals surface area contributed by atoms with Crippen molar-refractivity contribution in [1.82, 2.24) is 9.88 Å². The minimum Gasteiger partial charge on any atom is -0.375 e. The van der Waals surface area contributed by atoms with E-state index >= 15 is 0 Å². The second-order valence-corrected chi connectivity index (χ2v) is 9.83. The lowest BCUT2D eigenvalue weighted by Crippen LogP contribution is -2.44. The highest BCUT2D eigenvalue weighted by molar-refractivity contribution is 7.92. The van der Waals surface area contributed by atoms with Gasteiger partial charge in [0, 0.05) is 38.2 Å². The van der Waals surface area contributed by atoms with Crippen LogP contribution in [-0.2, 0) is 14.8 Å². The van der Waals surface area contributed by atoms with Crippen molar-refractivity contribution in [3.63, 3.8) is 0 Å². The Kier molecular flexibility index (Phi) is 6.35. The smallest absolute Gasteiger partial charge is 0.268 e. The Labute approximate surface area is 177 Å². The Morgan fingerprint density at radius 2 is 2.17 bits per heavy atom. The summed E-state index contributed by atoms with van der Waals surface area (Å²) in [6.07, 6.45) is 0.632. The number of hydrogen-bond donors (Lipinski definition) is 1. The third-order valence-electron chi connectivity index (χ3n) is 4.73. The fourth-order valence-corrected chi connectivity index (χ4v) is 5.51. The van der Waals surface area contributed by atoms with Crippen molar-refractivity contribution in [1.29, 1.82) is 0 Å². The van der Waals surface area contributed by atoms with Gasteiger partial charge in [0.15, 0.2) is 16.5 Å². The van der Waals surface area contributed by atoms with Crippen molar-refractivity contribution in [2.24, 2.45) is 0 Å². The molecule has 160 valence electrons. The van der Waals surface area contributed by atoms with Gasteiger partial charge in [-0.15, -0.1) is 11.3 Å². The number of likely N-dealkylation sites (N-methyl/N-ethyl adjacent to an activating group) is 1. The van der Waals surface area contributed by atoms with Gasteiger partial charge in [-0.25, -0.2) is 22.2 Å². The molecular weight excluding hydrogens is 446 g/mol. The first-order chi connectivity index (χ1) is 13.6. The lowest BCUT2D eigenvalue weighted by Gasteiger charge is -2.31. The molecule has 12 heteroatoms. The van der Waals surface area contributed by atoms with Gasteiger partial charge in [0.05, 0.1) is 16.8 Å². The summed E-state index contributed by atoms with van der Waals surface area (Å²) >= 11 is 7.28. The van der Waals surface area contributed by atoms with Crippen molar-refractivity contribution < 1.29 is 21.9 Å². The zero-order chi connectivity index (χ0) is 21.4. The van der Waals surface area contributed by atoms with Crippen molar-refractivity contribution in [2.75, 3.05) is 50.5 Å². The molecule has 1 saturated heterocycles. The predicted molar refractivity (Wildman–Crippen MR) is 109 cm³/mol. The van der Waals surface area contributed by atoms with E-state index in [0.717, 1.165) is 17.4 Å². The Hall–Kier alpha value is -1.53. The number of aromatic nitrogens is 1. The first-order valence-corrected chi connectivity index (χ1v) is 11.4. The highest BCUT2D eigenvalue weighted by atomic mass is 35.5. The first kappa shape index (κ1) is 22.2. The first-order valence-electron chi connectivity index (χ1n) is 8.62. The topological polar surface area (TPSA) is 74.8 Å². The lowest BCUT2D eigenvalue weighted by atomic mass is 10.0. The molecule has 1 aromatic carbocycles. The van der Waals surface area contributed by atoms with E-state index in [4.69, 9.17) is 16.3 Å². The molecule has 7 nitrogen and oxygen atoms in total. The Morgan fingerprint density at radius 3 is 2.76 bits per heavy atom. The number of sulfonamides is 1. The number of halogens is 3. The number of hydrogen-bond acceptors (Lipinski definition) is 7. The maximum Gasteiger partial charge on any atom is 0.268 e. The Morgan fingerprint density at radius 1 is 1.45 bits per heavy atom. The summed E-state index contributed by atoms with van der Waals surface area (Å²) in [7, 11) is 0.867. The maximum atomic E-state index is 14.9. The van der Waals surface area contributed by atoms with Crippen molar-refractivity contribution in [2.45, 2.75) is 16.9 Å². The second kappa shape index (κ2) is 8.31. The standard InChI is InChI=1S/C17H21ClF2N4O3S2/c1-23(2)8-17(27-3)4-5-24(9-17)12-6-11(19)16(15(20)14(12)18)29(25,26)22-13-7-28-10-21-13/h6-7,10,22H,4-5,8-9H2,1-3H3/t17-/m0/s1. The van der Waals surface area contributed by atoms with E-state index in [2.05, 4.69) is 9.71 Å². The van der Waals surface area contributed by atoms with Crippen LogP contribution in [0.4, 0.5) is 20.3 Å². The summed E-state index contributed by atoms with van der Waals surface area (Å²) in [5, 5.41) is 0.949. The SMILES string of the molecule is CO[C@]1(CN(C)C)CCN(c2cc(F)c(S(=O)(=O)Nc3cscn3)c(F)c2Cl)C1. The Balaban J connectivity index is 1.94. The molecule has 0 spiro atoms. The molecule has 1 N–H and O–H groups in total. The summed E-state index contributed by atoms with van der Waals surface area (Å²) in [6, 6.07) is 0.947. The van der Waals surface area contributed by atoms with Crippen molar-refractivity contribution >= 4 is 44.5 Å². The maximum absolute atomic E-state index is 14.9. The third-order valence-corrected chi connectivity index (χ3v) is 7.07. The van der Waals surface area contributed by atoms with Crippen LogP contribution in [0.2, 0.25) is 5.02 Å². The molecule has 0 radical (unpaired) electrons.